The third-order valence-corrected chi connectivity index (χ3v) is 4.04. The van der Waals surface area contributed by atoms with Crippen LogP contribution in [-0.4, -0.2) is 5.54 Å². The summed E-state index contributed by atoms with van der Waals surface area (Å²) in [6, 6.07) is 11.2. The molecule has 1 atom stereocenters. The Morgan fingerprint density at radius 3 is 2.35 bits per heavy atom. The van der Waals surface area contributed by atoms with Gasteiger partial charge in [-0.2, -0.15) is 0 Å². The lowest BCUT2D eigenvalue weighted by atomic mass is 9.87. The Labute approximate surface area is 125 Å². The summed E-state index contributed by atoms with van der Waals surface area (Å²) in [5, 5.41) is 0. The maximum absolute atomic E-state index is 13.5. The van der Waals surface area contributed by atoms with Gasteiger partial charge in [-0.15, -0.1) is 0 Å². The van der Waals surface area contributed by atoms with Gasteiger partial charge < -0.3 is 5.73 Å². The summed E-state index contributed by atoms with van der Waals surface area (Å²) >= 11 is 3.25. The van der Waals surface area contributed by atoms with E-state index in [1.807, 2.05) is 13.0 Å². The van der Waals surface area contributed by atoms with Gasteiger partial charge in [-0.3, -0.25) is 0 Å². The molecule has 0 aromatic heterocycles. The maximum atomic E-state index is 13.5. The Morgan fingerprint density at radius 1 is 1.05 bits per heavy atom. The van der Waals surface area contributed by atoms with Crippen LogP contribution in [0.5, 0.6) is 0 Å². The average molecular weight is 340 g/mol. The van der Waals surface area contributed by atoms with Crippen molar-refractivity contribution in [2.45, 2.75) is 25.3 Å². The van der Waals surface area contributed by atoms with Crippen LogP contribution in [0.3, 0.4) is 0 Å². The first kappa shape index (κ1) is 15.1. The van der Waals surface area contributed by atoms with Crippen LogP contribution in [0.4, 0.5) is 8.78 Å². The smallest absolute Gasteiger partial charge is 0.137 e. The van der Waals surface area contributed by atoms with E-state index < -0.39 is 5.54 Å². The number of rotatable bonds is 4. The van der Waals surface area contributed by atoms with Gasteiger partial charge >= 0.3 is 0 Å². The van der Waals surface area contributed by atoms with Crippen LogP contribution in [0.1, 0.15) is 18.1 Å². The van der Waals surface area contributed by atoms with Crippen molar-refractivity contribution in [3.63, 3.8) is 0 Å². The van der Waals surface area contributed by atoms with E-state index >= 15 is 0 Å². The third kappa shape index (κ3) is 3.87. The van der Waals surface area contributed by atoms with Gasteiger partial charge in [0.05, 0.1) is 4.47 Å². The van der Waals surface area contributed by atoms with E-state index in [2.05, 4.69) is 15.9 Å². The molecule has 4 heteroatoms. The lowest BCUT2D eigenvalue weighted by Crippen LogP contribution is -2.41. The zero-order valence-electron chi connectivity index (χ0n) is 11.2. The first-order chi connectivity index (χ1) is 9.37. The van der Waals surface area contributed by atoms with Crippen molar-refractivity contribution in [2.75, 3.05) is 0 Å². The molecule has 0 saturated heterocycles. The number of hydrogen-bond acceptors (Lipinski definition) is 1. The second kappa shape index (κ2) is 6.02. The molecule has 0 aliphatic carbocycles. The molecule has 106 valence electrons. The van der Waals surface area contributed by atoms with Gasteiger partial charge in [0.2, 0.25) is 0 Å². The van der Waals surface area contributed by atoms with E-state index in [-0.39, 0.29) is 11.6 Å². The molecular weight excluding hydrogens is 324 g/mol. The van der Waals surface area contributed by atoms with Crippen molar-refractivity contribution in [2.24, 2.45) is 5.73 Å². The highest BCUT2D eigenvalue weighted by molar-refractivity contribution is 9.10. The minimum Gasteiger partial charge on any atom is -0.325 e. The standard InChI is InChI=1S/C16H16BrF2N/c1-16(20,9-11-5-7-13(18)8-6-11)10-12-3-2-4-14(19)15(12)17/h2-8H,9-10,20H2,1H3. The van der Waals surface area contributed by atoms with Crippen LogP contribution < -0.4 is 5.73 Å². The van der Waals surface area contributed by atoms with Crippen LogP contribution in [0.15, 0.2) is 46.9 Å². The first-order valence-corrected chi connectivity index (χ1v) is 7.13. The molecule has 0 aliphatic rings. The zero-order valence-corrected chi connectivity index (χ0v) is 12.8. The van der Waals surface area contributed by atoms with E-state index in [1.165, 1.54) is 18.2 Å². The Bertz CT molecular complexity index is 594. The monoisotopic (exact) mass is 339 g/mol. The van der Waals surface area contributed by atoms with E-state index in [4.69, 9.17) is 5.73 Å². The molecule has 0 bridgehead atoms. The highest BCUT2D eigenvalue weighted by Gasteiger charge is 2.21. The highest BCUT2D eigenvalue weighted by Crippen LogP contribution is 2.25. The largest absolute Gasteiger partial charge is 0.325 e. The average Bonchev–Trinajstić information content (AvgIpc) is 2.37. The lowest BCUT2D eigenvalue weighted by Gasteiger charge is -2.25. The first-order valence-electron chi connectivity index (χ1n) is 6.34. The summed E-state index contributed by atoms with van der Waals surface area (Å²) in [6.45, 7) is 1.91. The number of nitrogens with two attached hydrogens (primary N) is 1. The fraction of sp³-hybridized carbons (Fsp3) is 0.250. The van der Waals surface area contributed by atoms with Gasteiger partial charge in [-0.1, -0.05) is 24.3 Å². The molecule has 0 saturated carbocycles. The molecule has 0 radical (unpaired) electrons. The van der Waals surface area contributed by atoms with Crippen LogP contribution in [0.2, 0.25) is 0 Å². The molecule has 1 unspecified atom stereocenters. The number of hydrogen-bond donors (Lipinski definition) is 1. The van der Waals surface area contributed by atoms with E-state index in [0.717, 1.165) is 11.1 Å². The second-order valence-electron chi connectivity index (χ2n) is 5.35. The van der Waals surface area contributed by atoms with E-state index in [9.17, 15) is 8.78 Å². The number of halogens is 3. The summed E-state index contributed by atoms with van der Waals surface area (Å²) in [6.07, 6.45) is 1.12. The predicted molar refractivity (Wildman–Crippen MR) is 80.5 cm³/mol. The summed E-state index contributed by atoms with van der Waals surface area (Å²) in [5.74, 6) is -0.555. The van der Waals surface area contributed by atoms with Crippen LogP contribution in [-0.2, 0) is 12.8 Å². The molecule has 2 N–H and O–H groups in total. The van der Waals surface area contributed by atoms with Crippen molar-refractivity contribution < 1.29 is 8.78 Å². The van der Waals surface area contributed by atoms with Crippen molar-refractivity contribution in [3.8, 4) is 0 Å². The van der Waals surface area contributed by atoms with Crippen LogP contribution in [0.25, 0.3) is 0 Å². The van der Waals surface area contributed by atoms with Gasteiger partial charge in [-0.25, -0.2) is 8.78 Å². The van der Waals surface area contributed by atoms with Gasteiger partial charge in [0.25, 0.3) is 0 Å². The molecule has 2 aromatic rings. The minimum atomic E-state index is -0.534. The Kier molecular flexibility index (Phi) is 4.55. The van der Waals surface area contributed by atoms with E-state index in [0.29, 0.717) is 17.3 Å². The van der Waals surface area contributed by atoms with Crippen molar-refractivity contribution in [3.05, 3.63) is 69.7 Å². The molecule has 0 heterocycles. The molecule has 1 nitrogen and oxygen atoms in total. The molecule has 2 aromatic carbocycles. The van der Waals surface area contributed by atoms with E-state index in [1.54, 1.807) is 18.2 Å². The fourth-order valence-corrected chi connectivity index (χ4v) is 2.66. The Hall–Kier alpha value is -1.26. The Morgan fingerprint density at radius 2 is 1.70 bits per heavy atom. The predicted octanol–water partition coefficient (Wildman–Crippen LogP) is 4.23. The summed E-state index contributed by atoms with van der Waals surface area (Å²) < 4.78 is 26.8. The molecule has 20 heavy (non-hydrogen) atoms. The molecule has 2 rings (SSSR count). The molecule has 0 fully saturated rings. The van der Waals surface area contributed by atoms with Crippen molar-refractivity contribution >= 4 is 15.9 Å². The van der Waals surface area contributed by atoms with Gasteiger partial charge in [-0.05, 0) is 65.0 Å². The topological polar surface area (TPSA) is 26.0 Å². The summed E-state index contributed by atoms with van der Waals surface area (Å²) in [7, 11) is 0. The minimum absolute atomic E-state index is 0.264. The van der Waals surface area contributed by atoms with Gasteiger partial charge in [0.15, 0.2) is 0 Å². The normalized spacial score (nSPS) is 14.1. The molecular formula is C16H16BrF2N. The third-order valence-electron chi connectivity index (χ3n) is 3.15. The van der Waals surface area contributed by atoms with Crippen LogP contribution in [0, 0.1) is 11.6 Å². The molecule has 0 amide bonds. The lowest BCUT2D eigenvalue weighted by molar-refractivity contribution is 0.460. The highest BCUT2D eigenvalue weighted by atomic mass is 79.9. The van der Waals surface area contributed by atoms with Crippen molar-refractivity contribution in [1.82, 2.24) is 0 Å². The quantitative estimate of drug-likeness (QED) is 0.886. The van der Waals surface area contributed by atoms with Gasteiger partial charge in [0.1, 0.15) is 11.6 Å². The fourth-order valence-electron chi connectivity index (χ4n) is 2.25. The second-order valence-corrected chi connectivity index (χ2v) is 6.14. The Balaban J connectivity index is 2.14. The maximum Gasteiger partial charge on any atom is 0.137 e. The zero-order chi connectivity index (χ0) is 14.8. The van der Waals surface area contributed by atoms with Crippen molar-refractivity contribution in [1.29, 1.82) is 0 Å². The summed E-state index contributed by atoms with van der Waals surface area (Å²) in [5.41, 5.74) is 7.56. The van der Waals surface area contributed by atoms with Crippen LogP contribution >= 0.6 is 15.9 Å². The van der Waals surface area contributed by atoms with Gasteiger partial charge in [0, 0.05) is 5.54 Å². The number of benzene rings is 2. The molecule has 0 spiro atoms. The SMILES string of the molecule is CC(N)(Cc1ccc(F)cc1)Cc1cccc(F)c1Br. The summed E-state index contributed by atoms with van der Waals surface area (Å²) in [4.78, 5) is 0. The molecule has 0 aliphatic heterocycles.